The molecule has 0 aliphatic carbocycles. The van der Waals surface area contributed by atoms with Gasteiger partial charge in [-0.3, -0.25) is 4.79 Å². The highest BCUT2D eigenvalue weighted by Crippen LogP contribution is 2.16. The quantitative estimate of drug-likeness (QED) is 0.848. The molecule has 0 aliphatic rings. The lowest BCUT2D eigenvalue weighted by atomic mass is 10.1. The topological polar surface area (TPSA) is 66.9 Å². The molecule has 5 heteroatoms. The lowest BCUT2D eigenvalue weighted by Gasteiger charge is -2.11. The normalized spacial score (nSPS) is 9.95. The van der Waals surface area contributed by atoms with Gasteiger partial charge in [0, 0.05) is 37.2 Å². The van der Waals surface area contributed by atoms with Gasteiger partial charge in [0.25, 0.3) is 0 Å². The van der Waals surface area contributed by atoms with Crippen molar-refractivity contribution in [2.24, 2.45) is 0 Å². The summed E-state index contributed by atoms with van der Waals surface area (Å²) in [4.78, 5) is 19.4. The molecule has 1 heterocycles. The Morgan fingerprint density at radius 3 is 2.68 bits per heavy atom. The summed E-state index contributed by atoms with van der Waals surface area (Å²) < 4.78 is 0. The van der Waals surface area contributed by atoms with Crippen LogP contribution >= 0.6 is 0 Å². The first-order chi connectivity index (χ1) is 9.29. The van der Waals surface area contributed by atoms with E-state index in [0.717, 1.165) is 16.8 Å². The third kappa shape index (κ3) is 3.77. The minimum atomic E-state index is -0.00251. The highest BCUT2D eigenvalue weighted by Gasteiger charge is 2.06. The van der Waals surface area contributed by atoms with Crippen LogP contribution in [0.3, 0.4) is 0 Å². The van der Waals surface area contributed by atoms with E-state index in [1.807, 2.05) is 24.3 Å². The summed E-state index contributed by atoms with van der Waals surface area (Å²) in [6.07, 6.45) is 5.40. The Hall–Kier alpha value is -2.43. The number of benzene rings is 1. The highest BCUT2D eigenvalue weighted by molar-refractivity contribution is 5.80. The molecule has 2 aromatic rings. The molecule has 0 bridgehead atoms. The fourth-order valence-electron chi connectivity index (χ4n) is 1.73. The summed E-state index contributed by atoms with van der Waals surface area (Å²) in [6, 6.07) is 7.77. The van der Waals surface area contributed by atoms with Crippen LogP contribution in [0, 0.1) is 0 Å². The standard InChI is InChI=1S/C14H16N4O/c1-15-14(19)6-12-4-2-3-5-13(12)18-9-11-7-16-10-17-8-11/h2-5,7-8,10,18H,6,9H2,1H3,(H,15,19). The van der Waals surface area contributed by atoms with Crippen molar-refractivity contribution in [3.63, 3.8) is 0 Å². The van der Waals surface area contributed by atoms with Gasteiger partial charge in [0.2, 0.25) is 5.91 Å². The molecule has 0 fully saturated rings. The number of hydrogen-bond donors (Lipinski definition) is 2. The predicted octanol–water partition coefficient (Wildman–Crippen LogP) is 1.38. The average Bonchev–Trinajstić information content (AvgIpc) is 2.47. The van der Waals surface area contributed by atoms with Gasteiger partial charge in [-0.1, -0.05) is 18.2 Å². The van der Waals surface area contributed by atoms with E-state index in [-0.39, 0.29) is 5.91 Å². The zero-order valence-electron chi connectivity index (χ0n) is 10.8. The van der Waals surface area contributed by atoms with Crippen molar-refractivity contribution < 1.29 is 4.79 Å². The van der Waals surface area contributed by atoms with E-state index in [2.05, 4.69) is 20.6 Å². The minimum absolute atomic E-state index is 0.00251. The molecule has 0 atom stereocenters. The molecule has 1 aromatic carbocycles. The number of hydrogen-bond acceptors (Lipinski definition) is 4. The summed E-state index contributed by atoms with van der Waals surface area (Å²) in [5.41, 5.74) is 2.92. The third-order valence-electron chi connectivity index (χ3n) is 2.74. The number of aromatic nitrogens is 2. The molecular weight excluding hydrogens is 240 g/mol. The van der Waals surface area contributed by atoms with Gasteiger partial charge in [0.1, 0.15) is 6.33 Å². The van der Waals surface area contributed by atoms with Crippen LogP contribution in [-0.4, -0.2) is 22.9 Å². The Balaban J connectivity index is 2.05. The maximum atomic E-state index is 11.4. The SMILES string of the molecule is CNC(=O)Cc1ccccc1NCc1cncnc1. The van der Waals surface area contributed by atoms with Crippen molar-refractivity contribution in [2.45, 2.75) is 13.0 Å². The first kappa shape index (κ1) is 13.0. The number of likely N-dealkylation sites (N-methyl/N-ethyl adjacent to an activating group) is 1. The Morgan fingerprint density at radius 1 is 1.21 bits per heavy atom. The van der Waals surface area contributed by atoms with Gasteiger partial charge in [0.15, 0.2) is 0 Å². The maximum absolute atomic E-state index is 11.4. The molecule has 2 rings (SSSR count). The zero-order valence-corrected chi connectivity index (χ0v) is 10.8. The van der Waals surface area contributed by atoms with E-state index in [1.54, 1.807) is 19.4 Å². The van der Waals surface area contributed by atoms with E-state index in [4.69, 9.17) is 0 Å². The van der Waals surface area contributed by atoms with E-state index < -0.39 is 0 Å². The number of anilines is 1. The van der Waals surface area contributed by atoms with Gasteiger partial charge < -0.3 is 10.6 Å². The van der Waals surface area contributed by atoms with Gasteiger partial charge in [-0.15, -0.1) is 0 Å². The third-order valence-corrected chi connectivity index (χ3v) is 2.74. The Kier molecular flexibility index (Phi) is 4.44. The van der Waals surface area contributed by atoms with Crippen LogP contribution in [0.15, 0.2) is 43.0 Å². The second-order valence-electron chi connectivity index (χ2n) is 4.11. The van der Waals surface area contributed by atoms with E-state index in [0.29, 0.717) is 13.0 Å². The zero-order chi connectivity index (χ0) is 13.5. The van der Waals surface area contributed by atoms with Crippen molar-refractivity contribution in [3.8, 4) is 0 Å². The maximum Gasteiger partial charge on any atom is 0.224 e. The van der Waals surface area contributed by atoms with Gasteiger partial charge in [0.05, 0.1) is 6.42 Å². The molecule has 0 aliphatic heterocycles. The molecule has 0 radical (unpaired) electrons. The molecule has 1 aromatic heterocycles. The fourth-order valence-corrected chi connectivity index (χ4v) is 1.73. The minimum Gasteiger partial charge on any atom is -0.381 e. The predicted molar refractivity (Wildman–Crippen MR) is 73.6 cm³/mol. The Labute approximate surface area is 112 Å². The van der Waals surface area contributed by atoms with Crippen LogP contribution in [0.1, 0.15) is 11.1 Å². The van der Waals surface area contributed by atoms with Crippen molar-refractivity contribution in [3.05, 3.63) is 54.1 Å². The van der Waals surface area contributed by atoms with Gasteiger partial charge in [-0.2, -0.15) is 0 Å². The van der Waals surface area contributed by atoms with Crippen molar-refractivity contribution >= 4 is 11.6 Å². The molecule has 0 saturated heterocycles. The van der Waals surface area contributed by atoms with Crippen molar-refractivity contribution in [1.29, 1.82) is 0 Å². The van der Waals surface area contributed by atoms with Crippen LogP contribution in [0.4, 0.5) is 5.69 Å². The number of amides is 1. The fraction of sp³-hybridized carbons (Fsp3) is 0.214. The van der Waals surface area contributed by atoms with E-state index >= 15 is 0 Å². The van der Waals surface area contributed by atoms with Gasteiger partial charge in [-0.05, 0) is 11.6 Å². The highest BCUT2D eigenvalue weighted by atomic mass is 16.1. The van der Waals surface area contributed by atoms with Crippen molar-refractivity contribution in [1.82, 2.24) is 15.3 Å². The van der Waals surface area contributed by atoms with Gasteiger partial charge in [-0.25, -0.2) is 9.97 Å². The lowest BCUT2D eigenvalue weighted by Crippen LogP contribution is -2.20. The van der Waals surface area contributed by atoms with E-state index in [9.17, 15) is 4.79 Å². The second kappa shape index (κ2) is 6.49. The smallest absolute Gasteiger partial charge is 0.224 e. The number of para-hydroxylation sites is 1. The van der Waals surface area contributed by atoms with Crippen molar-refractivity contribution in [2.75, 3.05) is 12.4 Å². The molecule has 0 unspecified atom stereocenters. The number of carbonyl (C=O) groups excluding carboxylic acids is 1. The molecule has 0 saturated carbocycles. The van der Waals surface area contributed by atoms with Crippen LogP contribution in [-0.2, 0) is 17.8 Å². The molecule has 19 heavy (non-hydrogen) atoms. The number of nitrogens with one attached hydrogen (secondary N) is 2. The monoisotopic (exact) mass is 256 g/mol. The molecule has 1 amide bonds. The number of rotatable bonds is 5. The van der Waals surface area contributed by atoms with Gasteiger partial charge >= 0.3 is 0 Å². The first-order valence-electron chi connectivity index (χ1n) is 6.06. The molecule has 0 spiro atoms. The van der Waals surface area contributed by atoms with Crippen LogP contribution in [0.2, 0.25) is 0 Å². The lowest BCUT2D eigenvalue weighted by molar-refractivity contribution is -0.119. The summed E-state index contributed by atoms with van der Waals surface area (Å²) >= 11 is 0. The Bertz CT molecular complexity index is 542. The van der Waals surface area contributed by atoms with Crippen LogP contribution in [0.5, 0.6) is 0 Å². The Morgan fingerprint density at radius 2 is 1.95 bits per heavy atom. The number of nitrogens with zero attached hydrogens (tertiary/aromatic N) is 2. The molecular formula is C14H16N4O. The number of carbonyl (C=O) groups is 1. The van der Waals surface area contributed by atoms with Crippen LogP contribution < -0.4 is 10.6 Å². The van der Waals surface area contributed by atoms with E-state index in [1.165, 1.54) is 6.33 Å². The molecule has 5 nitrogen and oxygen atoms in total. The summed E-state index contributed by atoms with van der Waals surface area (Å²) in [5, 5.41) is 5.93. The summed E-state index contributed by atoms with van der Waals surface area (Å²) in [6.45, 7) is 0.631. The summed E-state index contributed by atoms with van der Waals surface area (Å²) in [7, 11) is 1.64. The van der Waals surface area contributed by atoms with Crippen LogP contribution in [0.25, 0.3) is 0 Å². The molecule has 98 valence electrons. The first-order valence-corrected chi connectivity index (χ1v) is 6.06. The molecule has 2 N–H and O–H groups in total. The largest absolute Gasteiger partial charge is 0.381 e. The average molecular weight is 256 g/mol. The summed E-state index contributed by atoms with van der Waals surface area (Å²) in [5.74, 6) is -0.00251. The second-order valence-corrected chi connectivity index (χ2v) is 4.11.